The first-order valence-corrected chi connectivity index (χ1v) is 9.12. The first-order valence-electron chi connectivity index (χ1n) is 7.44. The highest BCUT2D eigenvalue weighted by Crippen LogP contribution is 2.29. The molecule has 1 atom stereocenters. The molecule has 0 bridgehead atoms. The zero-order chi connectivity index (χ0) is 15.2. The molecule has 21 heavy (non-hydrogen) atoms. The maximum Gasteiger partial charge on any atom is 0.0797 e. The van der Waals surface area contributed by atoms with Crippen LogP contribution < -0.4 is 5.32 Å². The van der Waals surface area contributed by atoms with Gasteiger partial charge in [0.2, 0.25) is 0 Å². The van der Waals surface area contributed by atoms with E-state index in [2.05, 4.69) is 71.3 Å². The van der Waals surface area contributed by atoms with Gasteiger partial charge in [0.05, 0.1) is 11.2 Å². The summed E-state index contributed by atoms with van der Waals surface area (Å²) in [6.45, 7) is 7.51. The molecule has 4 heteroatoms. The van der Waals surface area contributed by atoms with Gasteiger partial charge in [0.15, 0.2) is 0 Å². The molecule has 1 aromatic heterocycles. The molecule has 2 aromatic rings. The van der Waals surface area contributed by atoms with Crippen molar-refractivity contribution in [3.63, 3.8) is 0 Å². The van der Waals surface area contributed by atoms with E-state index in [1.54, 1.807) is 11.3 Å². The normalized spacial score (nSPS) is 12.8. The molecule has 0 aliphatic heterocycles. The Bertz CT molecular complexity index is 565. The lowest BCUT2D eigenvalue weighted by Gasteiger charge is -2.21. The number of hydrogen-bond donors (Lipinski definition) is 1. The zero-order valence-electron chi connectivity index (χ0n) is 12.9. The van der Waals surface area contributed by atoms with E-state index in [4.69, 9.17) is 0 Å². The van der Waals surface area contributed by atoms with Crippen molar-refractivity contribution in [1.82, 2.24) is 10.3 Å². The highest BCUT2D eigenvalue weighted by molar-refractivity contribution is 9.10. The van der Waals surface area contributed by atoms with E-state index in [9.17, 15) is 0 Å². The van der Waals surface area contributed by atoms with Crippen LogP contribution in [0, 0.1) is 6.92 Å². The fraction of sp³-hybridized carbons (Fsp3) is 0.471. The fourth-order valence-corrected chi connectivity index (χ4v) is 3.83. The molecule has 1 unspecified atom stereocenters. The lowest BCUT2D eigenvalue weighted by Crippen LogP contribution is -2.28. The molecule has 0 saturated heterocycles. The number of hydrogen-bond acceptors (Lipinski definition) is 3. The van der Waals surface area contributed by atoms with Crippen LogP contribution in [0.1, 0.15) is 42.3 Å². The Kier molecular flexibility index (Phi) is 6.40. The molecular weight excluding hydrogens is 344 g/mol. The first kappa shape index (κ1) is 16.7. The Balaban J connectivity index is 2.09. The van der Waals surface area contributed by atoms with Gasteiger partial charge in [-0.1, -0.05) is 48.0 Å². The van der Waals surface area contributed by atoms with Crippen LogP contribution in [0.5, 0.6) is 0 Å². The van der Waals surface area contributed by atoms with E-state index in [1.165, 1.54) is 20.6 Å². The Morgan fingerprint density at radius 2 is 2.05 bits per heavy atom. The second-order valence-corrected chi connectivity index (χ2v) is 7.47. The van der Waals surface area contributed by atoms with Crippen LogP contribution >= 0.6 is 27.3 Å². The van der Waals surface area contributed by atoms with Gasteiger partial charge in [0.25, 0.3) is 0 Å². The molecule has 1 N–H and O–H groups in total. The van der Waals surface area contributed by atoms with Gasteiger partial charge in [0, 0.05) is 21.9 Å². The molecule has 1 heterocycles. The van der Waals surface area contributed by atoms with Crippen molar-refractivity contribution in [2.75, 3.05) is 6.54 Å². The van der Waals surface area contributed by atoms with E-state index in [0.717, 1.165) is 19.4 Å². The summed E-state index contributed by atoms with van der Waals surface area (Å²) in [6, 6.07) is 9.08. The maximum atomic E-state index is 4.35. The van der Waals surface area contributed by atoms with Gasteiger partial charge in [-0.2, -0.15) is 0 Å². The van der Waals surface area contributed by atoms with Crippen molar-refractivity contribution in [3.8, 4) is 0 Å². The molecule has 0 fully saturated rings. The number of aryl methyl sites for hydroxylation is 2. The first-order chi connectivity index (χ1) is 10.1. The van der Waals surface area contributed by atoms with E-state index in [0.29, 0.717) is 12.0 Å². The third kappa shape index (κ3) is 4.90. The van der Waals surface area contributed by atoms with Gasteiger partial charge in [-0.3, -0.25) is 0 Å². The molecule has 114 valence electrons. The average molecular weight is 367 g/mol. The van der Waals surface area contributed by atoms with Crippen LogP contribution in [0.25, 0.3) is 0 Å². The molecule has 2 rings (SSSR count). The lowest BCUT2D eigenvalue weighted by molar-refractivity contribution is 0.508. The van der Waals surface area contributed by atoms with E-state index >= 15 is 0 Å². The number of benzene rings is 1. The quantitative estimate of drug-likeness (QED) is 0.751. The predicted octanol–water partition coefficient (Wildman–Crippen LogP) is 4.93. The van der Waals surface area contributed by atoms with Crippen LogP contribution in [0.15, 0.2) is 34.2 Å². The summed E-state index contributed by atoms with van der Waals surface area (Å²) < 4.78 is 1.21. The number of thiazole rings is 1. The third-order valence-corrected chi connectivity index (χ3v) is 5.40. The van der Waals surface area contributed by atoms with Gasteiger partial charge in [-0.15, -0.1) is 11.3 Å². The SMILES string of the molecule is Cc1ncsc1CCC(CNC(C)C)c1ccccc1Br. The minimum atomic E-state index is 0.514. The summed E-state index contributed by atoms with van der Waals surface area (Å²) in [5.74, 6) is 0.518. The minimum Gasteiger partial charge on any atom is -0.314 e. The predicted molar refractivity (Wildman–Crippen MR) is 95.2 cm³/mol. The van der Waals surface area contributed by atoms with Crippen molar-refractivity contribution in [2.45, 2.75) is 45.6 Å². The molecule has 0 saturated carbocycles. The zero-order valence-corrected chi connectivity index (χ0v) is 15.3. The molecule has 2 nitrogen and oxygen atoms in total. The second-order valence-electron chi connectivity index (χ2n) is 5.68. The second kappa shape index (κ2) is 8.06. The summed E-state index contributed by atoms with van der Waals surface area (Å²) in [5.41, 5.74) is 4.53. The Morgan fingerprint density at radius 1 is 1.29 bits per heavy atom. The molecular formula is C17H23BrN2S. The summed E-state index contributed by atoms with van der Waals surface area (Å²) in [7, 11) is 0. The molecule has 1 aromatic carbocycles. The maximum absolute atomic E-state index is 4.35. The van der Waals surface area contributed by atoms with Crippen molar-refractivity contribution in [3.05, 3.63) is 50.4 Å². The number of rotatable bonds is 7. The number of nitrogens with one attached hydrogen (secondary N) is 1. The number of nitrogens with zero attached hydrogens (tertiary/aromatic N) is 1. The largest absolute Gasteiger partial charge is 0.314 e. The summed E-state index contributed by atoms with van der Waals surface area (Å²) in [6.07, 6.45) is 2.24. The van der Waals surface area contributed by atoms with Gasteiger partial charge in [0.1, 0.15) is 0 Å². The van der Waals surface area contributed by atoms with E-state index < -0.39 is 0 Å². The van der Waals surface area contributed by atoms with Gasteiger partial charge in [-0.05, 0) is 37.3 Å². The van der Waals surface area contributed by atoms with Gasteiger partial charge < -0.3 is 5.32 Å². The summed E-state index contributed by atoms with van der Waals surface area (Å²) >= 11 is 5.47. The highest BCUT2D eigenvalue weighted by atomic mass is 79.9. The molecule has 0 amide bonds. The smallest absolute Gasteiger partial charge is 0.0797 e. The average Bonchev–Trinajstić information content (AvgIpc) is 2.85. The van der Waals surface area contributed by atoms with Crippen LogP contribution in [-0.2, 0) is 6.42 Å². The minimum absolute atomic E-state index is 0.514. The van der Waals surface area contributed by atoms with E-state index in [1.807, 2.05) is 5.51 Å². The van der Waals surface area contributed by atoms with Crippen molar-refractivity contribution < 1.29 is 0 Å². The van der Waals surface area contributed by atoms with Gasteiger partial charge in [-0.25, -0.2) is 4.98 Å². The van der Waals surface area contributed by atoms with Crippen molar-refractivity contribution in [2.24, 2.45) is 0 Å². The number of halogens is 1. The Morgan fingerprint density at radius 3 is 2.67 bits per heavy atom. The van der Waals surface area contributed by atoms with Crippen LogP contribution in [0.2, 0.25) is 0 Å². The third-order valence-electron chi connectivity index (χ3n) is 3.68. The van der Waals surface area contributed by atoms with Crippen LogP contribution in [0.4, 0.5) is 0 Å². The highest BCUT2D eigenvalue weighted by Gasteiger charge is 2.16. The Hall–Kier alpha value is -0.710. The van der Waals surface area contributed by atoms with Crippen molar-refractivity contribution >= 4 is 27.3 Å². The van der Waals surface area contributed by atoms with Crippen LogP contribution in [-0.4, -0.2) is 17.6 Å². The van der Waals surface area contributed by atoms with Crippen molar-refractivity contribution in [1.29, 1.82) is 0 Å². The standard InChI is InChI=1S/C17H23BrN2S/c1-12(2)19-10-14(15-6-4-5-7-16(15)18)8-9-17-13(3)20-11-21-17/h4-7,11-12,14,19H,8-10H2,1-3H3. The summed E-state index contributed by atoms with van der Waals surface area (Å²) in [4.78, 5) is 5.77. The van der Waals surface area contributed by atoms with E-state index in [-0.39, 0.29) is 0 Å². The molecule has 0 aliphatic carbocycles. The lowest BCUT2D eigenvalue weighted by atomic mass is 9.93. The Labute approximate surface area is 140 Å². The summed E-state index contributed by atoms with van der Waals surface area (Å²) in [5, 5.41) is 3.58. The molecule has 0 aliphatic rings. The molecule has 0 spiro atoms. The van der Waals surface area contributed by atoms with Gasteiger partial charge >= 0.3 is 0 Å². The monoisotopic (exact) mass is 366 g/mol. The molecule has 0 radical (unpaired) electrons. The van der Waals surface area contributed by atoms with Crippen LogP contribution in [0.3, 0.4) is 0 Å². The fourth-order valence-electron chi connectivity index (χ4n) is 2.42. The number of aromatic nitrogens is 1. The topological polar surface area (TPSA) is 24.9 Å².